The summed E-state index contributed by atoms with van der Waals surface area (Å²) in [6.45, 7) is 6.27. The Morgan fingerprint density at radius 1 is 0.889 bits per heavy atom. The normalized spacial score (nSPS) is 11.1. The van der Waals surface area contributed by atoms with Gasteiger partial charge in [-0.05, 0) is 48.1 Å². The molecule has 1 amide bonds. The molecule has 3 aromatic carbocycles. The highest BCUT2D eigenvalue weighted by atomic mass is 32.1. The Labute approximate surface area is 215 Å². The van der Waals surface area contributed by atoms with Gasteiger partial charge in [-0.3, -0.25) is 4.79 Å². The summed E-state index contributed by atoms with van der Waals surface area (Å²) >= 11 is 1.35. The molecular weight excluding hydrogens is 462 g/mol. The van der Waals surface area contributed by atoms with Crippen molar-refractivity contribution in [2.45, 2.75) is 33.6 Å². The standard InChI is InChI=1S/C31H29N3OS/c1-4-20-12-9-13-21(5-2)28(20)34-30(35)29-27(32)26-24(22-10-7-6-8-11-22)18-25(33-31(26)36-29)23-16-14-19(3)15-17-23/h6-18H,4-5,32H2,1-3H3,(H,34,35). The minimum Gasteiger partial charge on any atom is -0.397 e. The first-order chi connectivity index (χ1) is 17.5. The summed E-state index contributed by atoms with van der Waals surface area (Å²) in [6, 6.07) is 26.7. The maximum absolute atomic E-state index is 13.6. The van der Waals surface area contributed by atoms with Crippen LogP contribution in [0.3, 0.4) is 0 Å². The van der Waals surface area contributed by atoms with E-state index in [0.717, 1.165) is 62.3 Å². The van der Waals surface area contributed by atoms with Crippen LogP contribution in [0.4, 0.5) is 11.4 Å². The van der Waals surface area contributed by atoms with Crippen molar-refractivity contribution in [1.82, 2.24) is 4.98 Å². The van der Waals surface area contributed by atoms with Gasteiger partial charge in [0.2, 0.25) is 0 Å². The molecule has 0 atom stereocenters. The number of carbonyl (C=O) groups excluding carboxylic acids is 1. The third kappa shape index (κ3) is 4.38. The molecule has 2 heterocycles. The summed E-state index contributed by atoms with van der Waals surface area (Å²) in [6.07, 6.45) is 1.68. The Hall–Kier alpha value is -3.96. The van der Waals surface area contributed by atoms with Gasteiger partial charge in [-0.25, -0.2) is 4.98 Å². The van der Waals surface area contributed by atoms with Crippen LogP contribution in [0.2, 0.25) is 0 Å². The number of amides is 1. The van der Waals surface area contributed by atoms with Gasteiger partial charge in [-0.2, -0.15) is 0 Å². The molecule has 5 heteroatoms. The van der Waals surface area contributed by atoms with Crippen LogP contribution in [0.25, 0.3) is 32.6 Å². The van der Waals surface area contributed by atoms with Gasteiger partial charge >= 0.3 is 0 Å². The largest absolute Gasteiger partial charge is 0.397 e. The maximum Gasteiger partial charge on any atom is 0.267 e. The number of pyridine rings is 1. The second-order valence-electron chi connectivity index (χ2n) is 8.92. The van der Waals surface area contributed by atoms with Crippen LogP contribution in [0, 0.1) is 6.92 Å². The van der Waals surface area contributed by atoms with Crippen molar-refractivity contribution >= 4 is 38.8 Å². The Balaban J connectivity index is 1.66. The molecule has 0 saturated carbocycles. The zero-order valence-electron chi connectivity index (χ0n) is 20.8. The van der Waals surface area contributed by atoms with E-state index in [4.69, 9.17) is 10.7 Å². The van der Waals surface area contributed by atoms with E-state index in [1.165, 1.54) is 16.9 Å². The lowest BCUT2D eigenvalue weighted by Gasteiger charge is -2.14. The summed E-state index contributed by atoms with van der Waals surface area (Å²) in [5.74, 6) is -0.193. The number of nitrogens with one attached hydrogen (secondary N) is 1. The third-order valence-corrected chi connectivity index (χ3v) is 7.67. The first-order valence-corrected chi connectivity index (χ1v) is 13.1. The first-order valence-electron chi connectivity index (χ1n) is 12.3. The van der Waals surface area contributed by atoms with Crippen molar-refractivity contribution in [2.24, 2.45) is 0 Å². The molecule has 0 bridgehead atoms. The Morgan fingerprint density at radius 3 is 2.19 bits per heavy atom. The van der Waals surface area contributed by atoms with Crippen LogP contribution in [-0.2, 0) is 12.8 Å². The minimum absolute atomic E-state index is 0.193. The molecule has 0 radical (unpaired) electrons. The molecule has 0 fully saturated rings. The molecule has 0 spiro atoms. The topological polar surface area (TPSA) is 68.0 Å². The fourth-order valence-corrected chi connectivity index (χ4v) is 5.60. The van der Waals surface area contributed by atoms with Crippen LogP contribution in [0.15, 0.2) is 78.9 Å². The lowest BCUT2D eigenvalue weighted by molar-refractivity contribution is 0.103. The quantitative estimate of drug-likeness (QED) is 0.254. The summed E-state index contributed by atoms with van der Waals surface area (Å²) in [5.41, 5.74) is 15.4. The number of rotatable bonds is 6. The lowest BCUT2D eigenvalue weighted by Crippen LogP contribution is -2.15. The predicted molar refractivity (Wildman–Crippen MR) is 153 cm³/mol. The van der Waals surface area contributed by atoms with E-state index in [0.29, 0.717) is 10.6 Å². The van der Waals surface area contributed by atoms with Crippen molar-refractivity contribution in [1.29, 1.82) is 0 Å². The number of nitrogen functional groups attached to an aromatic ring is 1. The Morgan fingerprint density at radius 2 is 1.56 bits per heavy atom. The monoisotopic (exact) mass is 491 g/mol. The van der Waals surface area contributed by atoms with Crippen LogP contribution in [0.1, 0.15) is 40.2 Å². The van der Waals surface area contributed by atoms with Crippen molar-refractivity contribution < 1.29 is 4.79 Å². The van der Waals surface area contributed by atoms with Gasteiger partial charge in [0.1, 0.15) is 9.71 Å². The summed E-state index contributed by atoms with van der Waals surface area (Å²) in [4.78, 5) is 19.8. The van der Waals surface area contributed by atoms with Gasteiger partial charge in [0.05, 0.1) is 11.4 Å². The zero-order chi connectivity index (χ0) is 25.2. The summed E-state index contributed by atoms with van der Waals surface area (Å²) in [7, 11) is 0. The molecule has 0 saturated heterocycles. The van der Waals surface area contributed by atoms with E-state index in [2.05, 4.69) is 80.7 Å². The van der Waals surface area contributed by atoms with E-state index in [-0.39, 0.29) is 5.91 Å². The van der Waals surface area contributed by atoms with E-state index < -0.39 is 0 Å². The molecule has 2 aromatic heterocycles. The number of fused-ring (bicyclic) bond motifs is 1. The molecule has 0 aliphatic rings. The Kier molecular flexibility index (Phi) is 6.57. The van der Waals surface area contributed by atoms with E-state index >= 15 is 0 Å². The van der Waals surface area contributed by atoms with E-state index in [1.54, 1.807) is 0 Å². The molecule has 5 rings (SSSR count). The zero-order valence-corrected chi connectivity index (χ0v) is 21.6. The van der Waals surface area contributed by atoms with Gasteiger partial charge in [0.25, 0.3) is 5.91 Å². The van der Waals surface area contributed by atoms with Crippen molar-refractivity contribution in [3.8, 4) is 22.4 Å². The molecule has 0 unspecified atom stereocenters. The van der Waals surface area contributed by atoms with Gasteiger partial charge in [0, 0.05) is 16.6 Å². The number of hydrogen-bond acceptors (Lipinski definition) is 4. The highest BCUT2D eigenvalue weighted by molar-refractivity contribution is 7.21. The maximum atomic E-state index is 13.6. The molecule has 0 aliphatic heterocycles. The smallest absolute Gasteiger partial charge is 0.267 e. The number of hydrogen-bond donors (Lipinski definition) is 2. The lowest BCUT2D eigenvalue weighted by atomic mass is 9.99. The number of aromatic nitrogens is 1. The van der Waals surface area contributed by atoms with Crippen LogP contribution in [0.5, 0.6) is 0 Å². The van der Waals surface area contributed by atoms with Crippen LogP contribution < -0.4 is 11.1 Å². The number of para-hydroxylation sites is 1. The van der Waals surface area contributed by atoms with Gasteiger partial charge in [0.15, 0.2) is 0 Å². The van der Waals surface area contributed by atoms with Crippen LogP contribution in [-0.4, -0.2) is 10.9 Å². The highest BCUT2D eigenvalue weighted by Crippen LogP contribution is 2.41. The number of anilines is 2. The number of aryl methyl sites for hydroxylation is 3. The average Bonchev–Trinajstić information content (AvgIpc) is 3.25. The van der Waals surface area contributed by atoms with E-state index in [1.807, 2.05) is 24.3 Å². The van der Waals surface area contributed by atoms with Crippen molar-refractivity contribution in [3.05, 3.63) is 100 Å². The number of nitrogens with zero attached hydrogens (tertiary/aromatic N) is 1. The van der Waals surface area contributed by atoms with Crippen LogP contribution >= 0.6 is 11.3 Å². The Bertz CT molecular complexity index is 1530. The predicted octanol–water partition coefficient (Wildman–Crippen LogP) is 7.90. The molecule has 4 nitrogen and oxygen atoms in total. The second kappa shape index (κ2) is 9.96. The molecule has 36 heavy (non-hydrogen) atoms. The van der Waals surface area contributed by atoms with Gasteiger partial charge in [-0.15, -0.1) is 11.3 Å². The third-order valence-electron chi connectivity index (χ3n) is 6.57. The number of thiophene rings is 1. The average molecular weight is 492 g/mol. The molecule has 3 N–H and O–H groups in total. The van der Waals surface area contributed by atoms with Gasteiger partial charge < -0.3 is 11.1 Å². The molecular formula is C31H29N3OS. The minimum atomic E-state index is -0.193. The van der Waals surface area contributed by atoms with Gasteiger partial charge in [-0.1, -0.05) is 92.2 Å². The first kappa shape index (κ1) is 23.8. The summed E-state index contributed by atoms with van der Waals surface area (Å²) < 4.78 is 0. The SMILES string of the molecule is CCc1cccc(CC)c1NC(=O)c1sc2nc(-c3ccc(C)cc3)cc(-c3ccccc3)c2c1N. The number of benzene rings is 3. The highest BCUT2D eigenvalue weighted by Gasteiger charge is 2.23. The number of carbonyl (C=O) groups is 1. The van der Waals surface area contributed by atoms with E-state index in [9.17, 15) is 4.79 Å². The number of nitrogens with two attached hydrogens (primary N) is 1. The molecule has 5 aromatic rings. The van der Waals surface area contributed by atoms with Crippen molar-refractivity contribution in [3.63, 3.8) is 0 Å². The molecule has 180 valence electrons. The summed E-state index contributed by atoms with van der Waals surface area (Å²) in [5, 5.41) is 4.00. The van der Waals surface area contributed by atoms with Crippen molar-refractivity contribution in [2.75, 3.05) is 11.1 Å². The molecule has 0 aliphatic carbocycles. The fourth-order valence-electron chi connectivity index (χ4n) is 4.58. The fraction of sp³-hybridized carbons (Fsp3) is 0.161. The second-order valence-corrected chi connectivity index (χ2v) is 9.92.